The Labute approximate surface area is 58.2 Å². The average molecular weight is 143 g/mol. The number of amidine groups is 1. The van der Waals surface area contributed by atoms with Crippen LogP contribution in [0.1, 0.15) is 6.42 Å². The van der Waals surface area contributed by atoms with Crippen LogP contribution < -0.4 is 5.73 Å². The zero-order valence-electron chi connectivity index (χ0n) is 5.00. The normalized spacial score (nSPS) is 22.0. The molecule has 0 radical (unpaired) electrons. The van der Waals surface area contributed by atoms with Crippen LogP contribution in [0.4, 0.5) is 0 Å². The molecule has 0 saturated carbocycles. The lowest BCUT2D eigenvalue weighted by Gasteiger charge is -1.93. The number of nitrogens with one attached hydrogen (secondary N) is 1. The fraction of sp³-hybridized carbons (Fsp3) is 0.600. The second-order valence-electron chi connectivity index (χ2n) is 1.87. The van der Waals surface area contributed by atoms with Gasteiger partial charge in [0.2, 0.25) is 0 Å². The molecule has 1 aliphatic heterocycles. The molecule has 0 aromatic heterocycles. The molecule has 0 saturated heterocycles. The monoisotopic (exact) mass is 143 g/mol. The highest BCUT2D eigenvalue weighted by molar-refractivity contribution is 8.13. The zero-order chi connectivity index (χ0) is 6.69. The standard InChI is InChI=1S/C5H9N3S/c6-5(7)9-2-1-4-3-8-4/h3-4H,1-2H2,(H3,6,7). The van der Waals surface area contributed by atoms with Crippen LogP contribution >= 0.6 is 11.8 Å². The third-order valence-corrected chi connectivity index (χ3v) is 1.78. The lowest BCUT2D eigenvalue weighted by Crippen LogP contribution is -2.05. The quantitative estimate of drug-likeness (QED) is 0.445. The minimum atomic E-state index is 0.204. The highest BCUT2D eigenvalue weighted by Gasteiger charge is 2.11. The summed E-state index contributed by atoms with van der Waals surface area (Å²) in [6, 6.07) is 0.469. The van der Waals surface area contributed by atoms with Gasteiger partial charge in [0.25, 0.3) is 0 Å². The number of nitrogens with two attached hydrogens (primary N) is 1. The van der Waals surface area contributed by atoms with Gasteiger partial charge in [-0.3, -0.25) is 10.4 Å². The van der Waals surface area contributed by atoms with E-state index in [1.165, 1.54) is 11.8 Å². The Morgan fingerprint density at radius 1 is 1.89 bits per heavy atom. The first-order valence-electron chi connectivity index (χ1n) is 2.79. The third-order valence-electron chi connectivity index (χ3n) is 1.03. The van der Waals surface area contributed by atoms with Crippen LogP contribution in [-0.4, -0.2) is 23.2 Å². The summed E-state index contributed by atoms with van der Waals surface area (Å²) < 4.78 is 0. The topological polar surface area (TPSA) is 62.2 Å². The van der Waals surface area contributed by atoms with Crippen LogP contribution in [-0.2, 0) is 0 Å². The van der Waals surface area contributed by atoms with Crippen LogP contribution in [0, 0.1) is 5.41 Å². The van der Waals surface area contributed by atoms with Crippen molar-refractivity contribution >= 4 is 23.1 Å². The van der Waals surface area contributed by atoms with Crippen molar-refractivity contribution in [3.05, 3.63) is 0 Å². The molecule has 1 unspecified atom stereocenters. The van der Waals surface area contributed by atoms with Gasteiger partial charge in [0.1, 0.15) is 0 Å². The minimum Gasteiger partial charge on any atom is -0.379 e. The van der Waals surface area contributed by atoms with Crippen molar-refractivity contribution in [1.82, 2.24) is 0 Å². The molecule has 1 aliphatic rings. The van der Waals surface area contributed by atoms with Crippen molar-refractivity contribution in [2.75, 3.05) is 5.75 Å². The summed E-state index contributed by atoms with van der Waals surface area (Å²) in [7, 11) is 0. The van der Waals surface area contributed by atoms with Gasteiger partial charge in [0.15, 0.2) is 5.17 Å². The van der Waals surface area contributed by atoms with Gasteiger partial charge in [-0.1, -0.05) is 11.8 Å². The number of nitrogens with zero attached hydrogens (tertiary/aromatic N) is 1. The fourth-order valence-corrected chi connectivity index (χ4v) is 1.08. The summed E-state index contributed by atoms with van der Waals surface area (Å²) in [5, 5.41) is 7.06. The number of hydrogen-bond acceptors (Lipinski definition) is 3. The van der Waals surface area contributed by atoms with Gasteiger partial charge in [-0.25, -0.2) is 0 Å². The first kappa shape index (κ1) is 6.61. The summed E-state index contributed by atoms with van der Waals surface area (Å²) in [4.78, 5) is 3.95. The molecule has 1 heterocycles. The average Bonchev–Trinajstić information content (AvgIpc) is 2.48. The first-order chi connectivity index (χ1) is 4.29. The second-order valence-corrected chi connectivity index (χ2v) is 3.00. The van der Waals surface area contributed by atoms with E-state index < -0.39 is 0 Å². The van der Waals surface area contributed by atoms with Gasteiger partial charge in [0.05, 0.1) is 6.04 Å². The predicted molar refractivity (Wildman–Crippen MR) is 41.3 cm³/mol. The van der Waals surface area contributed by atoms with Crippen molar-refractivity contribution in [2.45, 2.75) is 12.5 Å². The summed E-state index contributed by atoms with van der Waals surface area (Å²) in [5.74, 6) is 0.917. The van der Waals surface area contributed by atoms with Crippen LogP contribution in [0.5, 0.6) is 0 Å². The summed E-state index contributed by atoms with van der Waals surface area (Å²) in [6.07, 6.45) is 2.95. The predicted octanol–water partition coefficient (Wildman–Crippen LogP) is 0.456. The van der Waals surface area contributed by atoms with Crippen molar-refractivity contribution < 1.29 is 0 Å². The maximum atomic E-state index is 6.86. The largest absolute Gasteiger partial charge is 0.379 e. The van der Waals surface area contributed by atoms with Crippen LogP contribution in [0.3, 0.4) is 0 Å². The maximum absolute atomic E-state index is 6.86. The Kier molecular flexibility index (Phi) is 2.10. The molecule has 1 atom stereocenters. The Morgan fingerprint density at radius 3 is 3.00 bits per heavy atom. The number of thioether (sulfide) groups is 1. The van der Waals surface area contributed by atoms with Crippen molar-refractivity contribution in [3.8, 4) is 0 Å². The van der Waals surface area contributed by atoms with Gasteiger partial charge < -0.3 is 5.73 Å². The molecule has 3 nitrogen and oxygen atoms in total. The zero-order valence-corrected chi connectivity index (χ0v) is 5.82. The van der Waals surface area contributed by atoms with Crippen LogP contribution in [0.25, 0.3) is 0 Å². The lowest BCUT2D eigenvalue weighted by atomic mass is 10.4. The van der Waals surface area contributed by atoms with Crippen LogP contribution in [0.15, 0.2) is 4.99 Å². The van der Waals surface area contributed by atoms with Gasteiger partial charge in [-0.05, 0) is 6.42 Å². The third kappa shape index (κ3) is 3.13. The van der Waals surface area contributed by atoms with E-state index >= 15 is 0 Å². The maximum Gasteiger partial charge on any atom is 0.151 e. The Hall–Kier alpha value is -0.510. The van der Waals surface area contributed by atoms with E-state index in [9.17, 15) is 0 Å². The SMILES string of the molecule is N=C(N)SCCC1C=N1. The van der Waals surface area contributed by atoms with Gasteiger partial charge in [0, 0.05) is 12.0 Å². The van der Waals surface area contributed by atoms with Gasteiger partial charge >= 0.3 is 0 Å². The number of rotatable bonds is 3. The molecule has 1 rings (SSSR count). The molecule has 0 bridgehead atoms. The Bertz CT molecular complexity index is 137. The van der Waals surface area contributed by atoms with E-state index in [1.807, 2.05) is 6.21 Å². The van der Waals surface area contributed by atoms with Gasteiger partial charge in [-0.15, -0.1) is 0 Å². The van der Waals surface area contributed by atoms with Crippen LogP contribution in [0.2, 0.25) is 0 Å². The molecule has 0 aliphatic carbocycles. The molecule has 0 aromatic carbocycles. The summed E-state index contributed by atoms with van der Waals surface area (Å²) >= 11 is 1.38. The van der Waals surface area contributed by atoms with E-state index in [0.717, 1.165) is 12.2 Å². The number of hydrogen-bond donors (Lipinski definition) is 2. The number of aliphatic imine (C=N–C) groups is 1. The molecule has 9 heavy (non-hydrogen) atoms. The highest BCUT2D eigenvalue weighted by atomic mass is 32.2. The molecule has 3 N–H and O–H groups in total. The Balaban J connectivity index is 1.87. The van der Waals surface area contributed by atoms with Gasteiger partial charge in [-0.2, -0.15) is 0 Å². The first-order valence-corrected chi connectivity index (χ1v) is 3.78. The molecule has 0 amide bonds. The van der Waals surface area contributed by atoms with E-state index in [-0.39, 0.29) is 5.17 Å². The Morgan fingerprint density at radius 2 is 2.56 bits per heavy atom. The molecule has 0 spiro atoms. The summed E-state index contributed by atoms with van der Waals surface area (Å²) in [5.41, 5.74) is 5.10. The van der Waals surface area contributed by atoms with E-state index in [1.54, 1.807) is 0 Å². The molecule has 4 heteroatoms. The van der Waals surface area contributed by atoms with Crippen molar-refractivity contribution in [2.24, 2.45) is 10.7 Å². The molecule has 0 aromatic rings. The molecular formula is C5H9N3S. The highest BCUT2D eigenvalue weighted by Crippen LogP contribution is 2.10. The minimum absolute atomic E-state index is 0.204. The fourth-order valence-electron chi connectivity index (χ4n) is 0.500. The lowest BCUT2D eigenvalue weighted by molar-refractivity contribution is 0.941. The van der Waals surface area contributed by atoms with E-state index in [0.29, 0.717) is 6.04 Å². The summed E-state index contributed by atoms with van der Waals surface area (Å²) in [6.45, 7) is 0. The van der Waals surface area contributed by atoms with E-state index in [2.05, 4.69) is 4.99 Å². The molecule has 0 fully saturated rings. The second kappa shape index (κ2) is 2.87. The van der Waals surface area contributed by atoms with Crippen molar-refractivity contribution in [3.63, 3.8) is 0 Å². The molecular weight excluding hydrogens is 134 g/mol. The molecule has 50 valence electrons. The van der Waals surface area contributed by atoms with E-state index in [4.69, 9.17) is 11.1 Å². The van der Waals surface area contributed by atoms with Crippen molar-refractivity contribution in [1.29, 1.82) is 5.41 Å². The smallest absolute Gasteiger partial charge is 0.151 e.